The van der Waals surface area contributed by atoms with Crippen molar-refractivity contribution in [1.82, 2.24) is 0 Å². The molecule has 13 heavy (non-hydrogen) atoms. The van der Waals surface area contributed by atoms with E-state index >= 15 is 0 Å². The Kier molecular flexibility index (Phi) is 2.05. The average molecular weight is 178 g/mol. The van der Waals surface area contributed by atoms with Gasteiger partial charge in [-0.2, -0.15) is 0 Å². The third-order valence-corrected chi connectivity index (χ3v) is 3.69. The molecule has 0 aromatic rings. The van der Waals surface area contributed by atoms with E-state index in [0.717, 1.165) is 18.4 Å². The Morgan fingerprint density at radius 3 is 3.00 bits per heavy atom. The Morgan fingerprint density at radius 2 is 2.23 bits per heavy atom. The molecule has 72 valence electrons. The van der Waals surface area contributed by atoms with Crippen LogP contribution in [0.25, 0.3) is 0 Å². The van der Waals surface area contributed by atoms with Crippen molar-refractivity contribution in [2.45, 2.75) is 46.0 Å². The van der Waals surface area contributed by atoms with Crippen molar-refractivity contribution >= 4 is 5.78 Å². The van der Waals surface area contributed by atoms with E-state index in [4.69, 9.17) is 0 Å². The molecule has 0 bridgehead atoms. The van der Waals surface area contributed by atoms with Gasteiger partial charge in [-0.15, -0.1) is 0 Å². The van der Waals surface area contributed by atoms with Crippen LogP contribution in [0, 0.1) is 11.3 Å². The molecule has 1 heteroatoms. The van der Waals surface area contributed by atoms with Gasteiger partial charge in [0.15, 0.2) is 5.78 Å². The van der Waals surface area contributed by atoms with Crippen LogP contribution in [-0.2, 0) is 4.79 Å². The molecule has 0 aromatic carbocycles. The van der Waals surface area contributed by atoms with Crippen LogP contribution in [0.2, 0.25) is 0 Å². The van der Waals surface area contributed by atoms with Gasteiger partial charge in [0.2, 0.25) is 0 Å². The minimum Gasteiger partial charge on any atom is -0.295 e. The molecule has 0 heterocycles. The van der Waals surface area contributed by atoms with Crippen molar-refractivity contribution in [3.8, 4) is 0 Å². The average Bonchev–Trinajstić information content (AvgIpc) is 2.08. The van der Waals surface area contributed by atoms with Gasteiger partial charge in [0.1, 0.15) is 0 Å². The van der Waals surface area contributed by atoms with E-state index in [1.54, 1.807) is 0 Å². The first-order valence-electron chi connectivity index (χ1n) is 5.37. The lowest BCUT2D eigenvalue weighted by molar-refractivity contribution is -0.118. The molecule has 2 aliphatic carbocycles. The lowest BCUT2D eigenvalue weighted by atomic mass is 9.64. The summed E-state index contributed by atoms with van der Waals surface area (Å²) >= 11 is 0. The summed E-state index contributed by atoms with van der Waals surface area (Å²) < 4.78 is 0. The molecule has 2 atom stereocenters. The van der Waals surface area contributed by atoms with Crippen molar-refractivity contribution in [2.75, 3.05) is 0 Å². The first-order valence-corrected chi connectivity index (χ1v) is 5.37. The number of ketones is 1. The number of carbonyl (C=O) groups excluding carboxylic acids is 1. The first kappa shape index (κ1) is 8.98. The standard InChI is InChI=1S/C12H18O/c1-9-5-7-12(2)6-3-4-11(13)10(12)8-9/h8-9H,3-7H2,1-2H3. The minimum atomic E-state index is 0.238. The summed E-state index contributed by atoms with van der Waals surface area (Å²) in [7, 11) is 0. The van der Waals surface area contributed by atoms with Crippen LogP contribution in [0.3, 0.4) is 0 Å². The molecule has 0 aromatic heterocycles. The quantitative estimate of drug-likeness (QED) is 0.557. The largest absolute Gasteiger partial charge is 0.295 e. The third kappa shape index (κ3) is 1.45. The fraction of sp³-hybridized carbons (Fsp3) is 0.750. The summed E-state index contributed by atoms with van der Waals surface area (Å²) in [6, 6.07) is 0. The number of hydrogen-bond donors (Lipinski definition) is 0. The van der Waals surface area contributed by atoms with Crippen molar-refractivity contribution in [1.29, 1.82) is 0 Å². The summed E-state index contributed by atoms with van der Waals surface area (Å²) in [4.78, 5) is 11.7. The Labute approximate surface area is 80.2 Å². The van der Waals surface area contributed by atoms with Gasteiger partial charge in [-0.25, -0.2) is 0 Å². The smallest absolute Gasteiger partial charge is 0.159 e. The second-order valence-corrected chi connectivity index (χ2v) is 4.93. The fourth-order valence-corrected chi connectivity index (χ4v) is 2.71. The highest BCUT2D eigenvalue weighted by Gasteiger charge is 2.38. The first-order chi connectivity index (χ1) is 6.12. The number of fused-ring (bicyclic) bond motifs is 1. The molecule has 0 amide bonds. The summed E-state index contributed by atoms with van der Waals surface area (Å²) in [6.07, 6.45) is 7.80. The van der Waals surface area contributed by atoms with Crippen LogP contribution in [0.15, 0.2) is 11.6 Å². The van der Waals surface area contributed by atoms with E-state index in [2.05, 4.69) is 19.9 Å². The van der Waals surface area contributed by atoms with Gasteiger partial charge in [0, 0.05) is 6.42 Å². The predicted octanol–water partition coefficient (Wildman–Crippen LogP) is 3.10. The van der Waals surface area contributed by atoms with Gasteiger partial charge in [-0.05, 0) is 42.6 Å². The van der Waals surface area contributed by atoms with Gasteiger partial charge in [-0.1, -0.05) is 19.9 Å². The lowest BCUT2D eigenvalue weighted by Gasteiger charge is -2.39. The summed E-state index contributed by atoms with van der Waals surface area (Å²) in [6.45, 7) is 4.48. The second-order valence-electron chi connectivity index (χ2n) is 4.93. The number of hydrogen-bond acceptors (Lipinski definition) is 1. The maximum absolute atomic E-state index is 11.7. The third-order valence-electron chi connectivity index (χ3n) is 3.69. The molecule has 2 rings (SSSR count). The molecule has 1 nitrogen and oxygen atoms in total. The molecule has 1 saturated carbocycles. The fourth-order valence-electron chi connectivity index (χ4n) is 2.71. The second kappa shape index (κ2) is 2.97. The van der Waals surface area contributed by atoms with Crippen molar-refractivity contribution in [2.24, 2.45) is 11.3 Å². The van der Waals surface area contributed by atoms with Crippen LogP contribution in [0.1, 0.15) is 46.0 Å². The molecular formula is C12H18O. The van der Waals surface area contributed by atoms with Crippen LogP contribution in [-0.4, -0.2) is 5.78 Å². The Hall–Kier alpha value is -0.590. The predicted molar refractivity (Wildman–Crippen MR) is 53.4 cm³/mol. The number of allylic oxidation sites excluding steroid dienone is 2. The number of rotatable bonds is 0. The highest BCUT2D eigenvalue weighted by atomic mass is 16.1. The van der Waals surface area contributed by atoms with Gasteiger partial charge in [-0.3, -0.25) is 4.79 Å². The molecule has 1 fully saturated rings. The van der Waals surface area contributed by atoms with Crippen LogP contribution < -0.4 is 0 Å². The molecule has 0 N–H and O–H groups in total. The Morgan fingerprint density at radius 1 is 1.46 bits per heavy atom. The molecule has 0 spiro atoms. The van der Waals surface area contributed by atoms with E-state index < -0.39 is 0 Å². The lowest BCUT2D eigenvalue weighted by Crippen LogP contribution is -2.32. The van der Waals surface area contributed by atoms with Crippen LogP contribution in [0.4, 0.5) is 0 Å². The topological polar surface area (TPSA) is 17.1 Å². The SMILES string of the molecule is CC1C=C2C(=O)CCCC2(C)CC1. The Bertz CT molecular complexity index is 264. The minimum absolute atomic E-state index is 0.238. The maximum Gasteiger partial charge on any atom is 0.159 e. The van der Waals surface area contributed by atoms with Gasteiger partial charge in [0.25, 0.3) is 0 Å². The zero-order valence-electron chi connectivity index (χ0n) is 8.60. The summed E-state index contributed by atoms with van der Waals surface area (Å²) in [5.41, 5.74) is 1.39. The highest BCUT2D eigenvalue weighted by Crippen LogP contribution is 2.46. The molecule has 2 unspecified atom stereocenters. The summed E-state index contributed by atoms with van der Waals surface area (Å²) in [5, 5.41) is 0. The van der Waals surface area contributed by atoms with E-state index in [1.165, 1.54) is 19.3 Å². The van der Waals surface area contributed by atoms with Crippen molar-refractivity contribution in [3.05, 3.63) is 11.6 Å². The Balaban J connectivity index is 2.35. The van der Waals surface area contributed by atoms with Crippen LogP contribution in [0.5, 0.6) is 0 Å². The van der Waals surface area contributed by atoms with Crippen molar-refractivity contribution < 1.29 is 4.79 Å². The highest BCUT2D eigenvalue weighted by molar-refractivity contribution is 5.97. The maximum atomic E-state index is 11.7. The molecular weight excluding hydrogens is 160 g/mol. The van der Waals surface area contributed by atoms with E-state index in [1.807, 2.05) is 0 Å². The van der Waals surface area contributed by atoms with E-state index in [-0.39, 0.29) is 5.41 Å². The number of carbonyl (C=O) groups is 1. The van der Waals surface area contributed by atoms with Gasteiger partial charge in [0.05, 0.1) is 0 Å². The number of Topliss-reactive ketones (excluding diaryl/α,β-unsaturated/α-hetero) is 1. The zero-order chi connectivity index (χ0) is 9.47. The van der Waals surface area contributed by atoms with E-state index in [9.17, 15) is 4.79 Å². The van der Waals surface area contributed by atoms with Gasteiger partial charge < -0.3 is 0 Å². The van der Waals surface area contributed by atoms with Crippen LogP contribution >= 0.6 is 0 Å². The summed E-state index contributed by atoms with van der Waals surface area (Å²) in [5.74, 6) is 1.03. The molecule has 0 aliphatic heterocycles. The molecule has 0 saturated heterocycles. The zero-order valence-corrected chi connectivity index (χ0v) is 8.60. The van der Waals surface area contributed by atoms with Crippen molar-refractivity contribution in [3.63, 3.8) is 0 Å². The van der Waals surface area contributed by atoms with E-state index in [0.29, 0.717) is 11.7 Å². The monoisotopic (exact) mass is 178 g/mol. The normalized spacial score (nSPS) is 39.7. The van der Waals surface area contributed by atoms with Gasteiger partial charge >= 0.3 is 0 Å². The molecule has 0 radical (unpaired) electrons. The molecule has 2 aliphatic rings.